The van der Waals surface area contributed by atoms with Crippen molar-refractivity contribution in [3.05, 3.63) is 29.8 Å². The number of rotatable bonds is 5. The van der Waals surface area contributed by atoms with E-state index in [-0.39, 0.29) is 30.0 Å². The van der Waals surface area contributed by atoms with Gasteiger partial charge < -0.3 is 19.1 Å². The number of methoxy groups -OCH3 is 1. The summed E-state index contributed by atoms with van der Waals surface area (Å²) in [6.45, 7) is 6.43. The van der Waals surface area contributed by atoms with Crippen LogP contribution in [0.15, 0.2) is 24.3 Å². The zero-order valence-corrected chi connectivity index (χ0v) is 16.5. The first-order valence-electron chi connectivity index (χ1n) is 9.54. The highest BCUT2D eigenvalue weighted by molar-refractivity contribution is 5.70. The number of amides is 1. The molecule has 0 saturated carbocycles. The molecule has 3 rings (SSSR count). The summed E-state index contributed by atoms with van der Waals surface area (Å²) in [5, 5.41) is 0. The van der Waals surface area contributed by atoms with Gasteiger partial charge >= 0.3 is 6.09 Å². The van der Waals surface area contributed by atoms with Gasteiger partial charge in [0.05, 0.1) is 13.7 Å². The second-order valence-electron chi connectivity index (χ2n) is 8.39. The number of fused-ring (bicyclic) bond motifs is 2. The minimum atomic E-state index is -0.530. The number of hydrogen-bond acceptors (Lipinski definition) is 5. The van der Waals surface area contributed by atoms with Crippen LogP contribution in [0.3, 0.4) is 0 Å². The second-order valence-corrected chi connectivity index (χ2v) is 8.39. The number of nitrogens with zero attached hydrogens (tertiary/aromatic N) is 1. The van der Waals surface area contributed by atoms with Crippen molar-refractivity contribution in [2.45, 2.75) is 63.6 Å². The molecular weight excluding hydrogens is 346 g/mol. The summed E-state index contributed by atoms with van der Waals surface area (Å²) in [6.07, 6.45) is 2.44. The van der Waals surface area contributed by atoms with Crippen molar-refractivity contribution in [2.75, 3.05) is 13.7 Å². The molecule has 0 N–H and O–H groups in total. The fourth-order valence-corrected chi connectivity index (χ4v) is 4.51. The van der Waals surface area contributed by atoms with Gasteiger partial charge in [-0.1, -0.05) is 12.1 Å². The summed E-state index contributed by atoms with van der Waals surface area (Å²) in [4.78, 5) is 25.5. The van der Waals surface area contributed by atoms with Crippen molar-refractivity contribution < 1.29 is 23.8 Å². The molecule has 27 heavy (non-hydrogen) atoms. The number of piperidine rings is 1. The smallest absolute Gasteiger partial charge is 0.410 e. The lowest BCUT2D eigenvalue weighted by atomic mass is 9.76. The third kappa shape index (κ3) is 4.20. The predicted molar refractivity (Wildman–Crippen MR) is 101 cm³/mol. The standard InChI is InChI=1S/C21H29NO5/c1-21(2,3)27-20(24)22-15-7-10-19(22)18(12-26-13-23)17(11-15)14-5-8-16(25-4)9-6-14/h5-6,8-9,13,15,17-19H,7,10-12H2,1-4H3/t15-,17-,18-,19+/m1/s1. The molecule has 0 aromatic heterocycles. The van der Waals surface area contributed by atoms with E-state index in [1.54, 1.807) is 7.11 Å². The van der Waals surface area contributed by atoms with Crippen LogP contribution in [0.4, 0.5) is 4.79 Å². The van der Waals surface area contributed by atoms with Crippen LogP contribution < -0.4 is 4.74 Å². The Morgan fingerprint density at radius 1 is 1.22 bits per heavy atom. The number of carbonyl (C=O) groups is 2. The third-order valence-electron chi connectivity index (χ3n) is 5.59. The molecule has 0 spiro atoms. The summed E-state index contributed by atoms with van der Waals surface area (Å²) in [5.74, 6) is 1.09. The molecule has 6 nitrogen and oxygen atoms in total. The van der Waals surface area contributed by atoms with E-state index in [1.165, 1.54) is 5.56 Å². The van der Waals surface area contributed by atoms with Gasteiger partial charge in [0.2, 0.25) is 0 Å². The normalized spacial score (nSPS) is 27.2. The topological polar surface area (TPSA) is 65.1 Å². The van der Waals surface area contributed by atoms with Crippen LogP contribution in [0.25, 0.3) is 0 Å². The minimum absolute atomic E-state index is 0.0191. The quantitative estimate of drug-likeness (QED) is 0.734. The van der Waals surface area contributed by atoms with E-state index in [9.17, 15) is 9.59 Å². The molecule has 1 aromatic carbocycles. The summed E-state index contributed by atoms with van der Waals surface area (Å²) >= 11 is 0. The number of carbonyl (C=O) groups excluding carboxylic acids is 2. The summed E-state index contributed by atoms with van der Waals surface area (Å²) in [5.41, 5.74) is 0.661. The number of benzene rings is 1. The van der Waals surface area contributed by atoms with E-state index >= 15 is 0 Å². The number of hydrogen-bond donors (Lipinski definition) is 0. The fourth-order valence-electron chi connectivity index (χ4n) is 4.51. The highest BCUT2D eigenvalue weighted by Gasteiger charge is 2.50. The van der Waals surface area contributed by atoms with Gasteiger partial charge in [-0.25, -0.2) is 4.79 Å². The largest absolute Gasteiger partial charge is 0.497 e. The van der Waals surface area contributed by atoms with Gasteiger partial charge in [0, 0.05) is 18.0 Å². The minimum Gasteiger partial charge on any atom is -0.497 e. The van der Waals surface area contributed by atoms with Crippen molar-refractivity contribution in [3.63, 3.8) is 0 Å². The van der Waals surface area contributed by atoms with Gasteiger partial charge in [0.15, 0.2) is 0 Å². The van der Waals surface area contributed by atoms with Crippen molar-refractivity contribution in [2.24, 2.45) is 5.92 Å². The van der Waals surface area contributed by atoms with Gasteiger partial charge in [-0.15, -0.1) is 0 Å². The van der Waals surface area contributed by atoms with E-state index in [0.717, 1.165) is 25.0 Å². The SMILES string of the molecule is COc1ccc([C@H]2C[C@H]3CC[C@@H]([C@@H]2COC=O)N3C(=O)OC(C)(C)C)cc1. The molecule has 2 bridgehead atoms. The van der Waals surface area contributed by atoms with Crippen LogP contribution in [-0.4, -0.2) is 48.9 Å². The lowest BCUT2D eigenvalue weighted by Gasteiger charge is -2.44. The van der Waals surface area contributed by atoms with Gasteiger partial charge in [-0.3, -0.25) is 4.79 Å². The van der Waals surface area contributed by atoms with Crippen LogP contribution in [0.1, 0.15) is 51.5 Å². The fraction of sp³-hybridized carbons (Fsp3) is 0.619. The molecule has 2 heterocycles. The third-order valence-corrected chi connectivity index (χ3v) is 5.59. The zero-order chi connectivity index (χ0) is 19.6. The molecule has 2 saturated heterocycles. The Kier molecular flexibility index (Phi) is 5.63. The maximum atomic E-state index is 12.8. The molecule has 6 heteroatoms. The van der Waals surface area contributed by atoms with Crippen LogP contribution in [-0.2, 0) is 14.3 Å². The Bertz CT molecular complexity index is 666. The molecule has 2 aliphatic rings. The zero-order valence-electron chi connectivity index (χ0n) is 16.5. The Morgan fingerprint density at radius 3 is 2.52 bits per heavy atom. The Morgan fingerprint density at radius 2 is 1.93 bits per heavy atom. The average molecular weight is 375 g/mol. The Hall–Kier alpha value is -2.24. The van der Waals surface area contributed by atoms with Gasteiger partial charge in [0.25, 0.3) is 6.47 Å². The molecule has 148 valence electrons. The van der Waals surface area contributed by atoms with Crippen molar-refractivity contribution in [1.29, 1.82) is 0 Å². The molecule has 1 amide bonds. The maximum absolute atomic E-state index is 12.8. The predicted octanol–water partition coefficient (Wildman–Crippen LogP) is 3.74. The van der Waals surface area contributed by atoms with Crippen molar-refractivity contribution in [1.82, 2.24) is 4.90 Å². The van der Waals surface area contributed by atoms with E-state index in [4.69, 9.17) is 14.2 Å². The average Bonchev–Trinajstić information content (AvgIpc) is 2.95. The van der Waals surface area contributed by atoms with Crippen LogP contribution >= 0.6 is 0 Å². The summed E-state index contributed by atoms with van der Waals surface area (Å²) < 4.78 is 16.1. The Labute approximate surface area is 160 Å². The summed E-state index contributed by atoms with van der Waals surface area (Å²) in [6, 6.07) is 8.22. The number of ether oxygens (including phenoxy) is 3. The second kappa shape index (κ2) is 7.79. The van der Waals surface area contributed by atoms with E-state index in [2.05, 4.69) is 12.1 Å². The van der Waals surface area contributed by atoms with Crippen molar-refractivity contribution >= 4 is 12.6 Å². The first-order valence-corrected chi connectivity index (χ1v) is 9.54. The van der Waals surface area contributed by atoms with Crippen LogP contribution in [0.2, 0.25) is 0 Å². The van der Waals surface area contributed by atoms with Crippen LogP contribution in [0.5, 0.6) is 5.75 Å². The van der Waals surface area contributed by atoms with Gasteiger partial charge in [-0.2, -0.15) is 0 Å². The summed E-state index contributed by atoms with van der Waals surface area (Å²) in [7, 11) is 1.65. The molecule has 0 radical (unpaired) electrons. The first-order chi connectivity index (χ1) is 12.8. The first kappa shape index (κ1) is 19.5. The Balaban J connectivity index is 1.85. The lowest BCUT2D eigenvalue weighted by molar-refractivity contribution is -0.131. The molecule has 0 unspecified atom stereocenters. The highest BCUT2D eigenvalue weighted by Crippen LogP contribution is 2.47. The van der Waals surface area contributed by atoms with E-state index in [0.29, 0.717) is 13.1 Å². The van der Waals surface area contributed by atoms with Crippen LogP contribution in [0, 0.1) is 5.92 Å². The molecule has 0 aliphatic carbocycles. The van der Waals surface area contributed by atoms with E-state index in [1.807, 2.05) is 37.8 Å². The molecular formula is C21H29NO5. The highest BCUT2D eigenvalue weighted by atomic mass is 16.6. The maximum Gasteiger partial charge on any atom is 0.410 e. The van der Waals surface area contributed by atoms with Crippen molar-refractivity contribution in [3.8, 4) is 5.75 Å². The molecule has 4 atom stereocenters. The van der Waals surface area contributed by atoms with E-state index < -0.39 is 5.60 Å². The molecule has 2 fully saturated rings. The molecule has 2 aliphatic heterocycles. The lowest BCUT2D eigenvalue weighted by Crippen LogP contribution is -2.53. The molecule has 1 aromatic rings. The van der Waals surface area contributed by atoms with Gasteiger partial charge in [-0.05, 0) is 63.6 Å². The monoisotopic (exact) mass is 375 g/mol. The van der Waals surface area contributed by atoms with Gasteiger partial charge in [0.1, 0.15) is 11.4 Å².